The lowest BCUT2D eigenvalue weighted by Gasteiger charge is -2.36. The average Bonchev–Trinajstić information content (AvgIpc) is 3.04. The van der Waals surface area contributed by atoms with Gasteiger partial charge in [-0.25, -0.2) is 0 Å². The summed E-state index contributed by atoms with van der Waals surface area (Å²) in [6.45, 7) is 5.69. The minimum atomic E-state index is 0. The Morgan fingerprint density at radius 2 is 2.00 bits per heavy atom. The molecule has 0 spiro atoms. The summed E-state index contributed by atoms with van der Waals surface area (Å²) in [5.41, 5.74) is 0. The third-order valence-electron chi connectivity index (χ3n) is 4.13. The first-order valence-electron chi connectivity index (χ1n) is 7.86. The fourth-order valence-electron chi connectivity index (χ4n) is 2.54. The first kappa shape index (κ1) is 21.1. The van der Waals surface area contributed by atoms with E-state index < -0.39 is 0 Å². The molecule has 0 atom stereocenters. The number of aryl methyl sites for hydroxylation is 1. The smallest absolute Gasteiger partial charge is 0.191 e. The van der Waals surface area contributed by atoms with E-state index in [1.54, 1.807) is 0 Å². The van der Waals surface area contributed by atoms with Crippen LogP contribution in [-0.4, -0.2) is 43.8 Å². The van der Waals surface area contributed by atoms with Gasteiger partial charge in [-0.3, -0.25) is 4.99 Å². The SMILES string of the molecule is CCc1ccc(CNC(=NC)NCC2(SC)CCOCC2)s1.I. The summed E-state index contributed by atoms with van der Waals surface area (Å²) < 4.78 is 5.76. The van der Waals surface area contributed by atoms with Crippen molar-refractivity contribution in [1.29, 1.82) is 0 Å². The van der Waals surface area contributed by atoms with Crippen LogP contribution in [-0.2, 0) is 17.7 Å². The number of rotatable bonds is 6. The van der Waals surface area contributed by atoms with Crippen LogP contribution in [0.4, 0.5) is 0 Å². The lowest BCUT2D eigenvalue weighted by Crippen LogP contribution is -2.47. The molecule has 2 N–H and O–H groups in total. The molecule has 132 valence electrons. The maximum Gasteiger partial charge on any atom is 0.191 e. The molecule has 1 fully saturated rings. The molecule has 1 aliphatic rings. The van der Waals surface area contributed by atoms with E-state index in [0.29, 0.717) is 0 Å². The Labute approximate surface area is 165 Å². The van der Waals surface area contributed by atoms with E-state index in [0.717, 1.165) is 51.5 Å². The highest BCUT2D eigenvalue weighted by Crippen LogP contribution is 2.32. The molecule has 23 heavy (non-hydrogen) atoms. The normalized spacial score (nSPS) is 17.4. The molecule has 0 unspecified atom stereocenters. The molecule has 7 heteroatoms. The molecular weight excluding hydrogens is 441 g/mol. The molecule has 0 radical (unpaired) electrons. The first-order valence-corrected chi connectivity index (χ1v) is 9.90. The number of ether oxygens (including phenoxy) is 1. The highest BCUT2D eigenvalue weighted by atomic mass is 127. The predicted octanol–water partition coefficient (Wildman–Crippen LogP) is 3.51. The Balaban J connectivity index is 0.00000264. The Morgan fingerprint density at radius 1 is 1.30 bits per heavy atom. The topological polar surface area (TPSA) is 45.7 Å². The molecule has 1 saturated heterocycles. The van der Waals surface area contributed by atoms with Crippen molar-refractivity contribution < 1.29 is 4.74 Å². The Morgan fingerprint density at radius 3 is 2.57 bits per heavy atom. The van der Waals surface area contributed by atoms with Gasteiger partial charge in [0, 0.05) is 41.3 Å². The third-order valence-corrected chi connectivity index (χ3v) is 6.78. The van der Waals surface area contributed by atoms with E-state index in [1.165, 1.54) is 9.75 Å². The molecule has 1 aromatic heterocycles. The molecule has 2 heterocycles. The van der Waals surface area contributed by atoms with Crippen molar-refractivity contribution in [2.45, 2.75) is 37.5 Å². The average molecular weight is 469 g/mol. The minimum Gasteiger partial charge on any atom is -0.381 e. The monoisotopic (exact) mass is 469 g/mol. The van der Waals surface area contributed by atoms with E-state index in [4.69, 9.17) is 4.74 Å². The zero-order valence-corrected chi connectivity index (χ0v) is 18.1. The second kappa shape index (κ2) is 10.8. The summed E-state index contributed by atoms with van der Waals surface area (Å²) >= 11 is 3.81. The molecule has 0 amide bonds. The maximum atomic E-state index is 5.49. The molecule has 4 nitrogen and oxygen atoms in total. The zero-order valence-electron chi connectivity index (χ0n) is 14.2. The van der Waals surface area contributed by atoms with Gasteiger partial charge < -0.3 is 15.4 Å². The van der Waals surface area contributed by atoms with Crippen molar-refractivity contribution in [3.8, 4) is 0 Å². The van der Waals surface area contributed by atoms with Crippen LogP contribution in [0.1, 0.15) is 29.5 Å². The van der Waals surface area contributed by atoms with Gasteiger partial charge in [0.05, 0.1) is 6.54 Å². The van der Waals surface area contributed by atoms with E-state index in [1.807, 2.05) is 30.1 Å². The van der Waals surface area contributed by atoms with Crippen LogP contribution in [0.5, 0.6) is 0 Å². The van der Waals surface area contributed by atoms with E-state index >= 15 is 0 Å². The van der Waals surface area contributed by atoms with Gasteiger partial charge in [-0.05, 0) is 37.7 Å². The third kappa shape index (κ3) is 6.43. The van der Waals surface area contributed by atoms with Crippen LogP contribution in [0.3, 0.4) is 0 Å². The molecule has 0 bridgehead atoms. The predicted molar refractivity (Wildman–Crippen MR) is 114 cm³/mol. The largest absolute Gasteiger partial charge is 0.381 e. The van der Waals surface area contributed by atoms with Gasteiger partial charge in [0.25, 0.3) is 0 Å². The van der Waals surface area contributed by atoms with Gasteiger partial charge in [0.15, 0.2) is 5.96 Å². The lowest BCUT2D eigenvalue weighted by atomic mass is 9.99. The molecular formula is C16H28IN3OS2. The number of thiophene rings is 1. The number of nitrogens with zero attached hydrogens (tertiary/aromatic N) is 1. The minimum absolute atomic E-state index is 0. The standard InChI is InChI=1S/C16H27N3OS2.HI/c1-4-13-5-6-14(22-13)11-18-15(17-2)19-12-16(21-3)7-9-20-10-8-16;/h5-6H,4,7-12H2,1-3H3,(H2,17,18,19);1H. The van der Waals surface area contributed by atoms with Crippen molar-refractivity contribution in [3.63, 3.8) is 0 Å². The maximum absolute atomic E-state index is 5.49. The summed E-state index contributed by atoms with van der Waals surface area (Å²) in [5, 5.41) is 6.90. The van der Waals surface area contributed by atoms with E-state index in [2.05, 4.69) is 40.9 Å². The number of hydrogen-bond donors (Lipinski definition) is 2. The number of thioether (sulfide) groups is 1. The molecule has 2 rings (SSSR count). The molecule has 0 saturated carbocycles. The van der Waals surface area contributed by atoms with Crippen molar-refractivity contribution in [1.82, 2.24) is 10.6 Å². The highest BCUT2D eigenvalue weighted by Gasteiger charge is 2.31. The van der Waals surface area contributed by atoms with Gasteiger partial charge >= 0.3 is 0 Å². The first-order chi connectivity index (χ1) is 10.7. The number of nitrogens with one attached hydrogen (secondary N) is 2. The zero-order chi connectivity index (χ0) is 15.8. The Bertz CT molecular complexity index is 487. The van der Waals surface area contributed by atoms with Crippen LogP contribution in [0.25, 0.3) is 0 Å². The Hall–Kier alpha value is 0.01000. The summed E-state index contributed by atoms with van der Waals surface area (Å²) in [6.07, 6.45) is 5.50. The van der Waals surface area contributed by atoms with Crippen molar-refractivity contribution >= 4 is 53.0 Å². The van der Waals surface area contributed by atoms with Crippen LogP contribution < -0.4 is 10.6 Å². The fourth-order valence-corrected chi connectivity index (χ4v) is 4.23. The van der Waals surface area contributed by atoms with Crippen LogP contribution in [0.15, 0.2) is 17.1 Å². The van der Waals surface area contributed by atoms with Gasteiger partial charge in [-0.1, -0.05) is 6.92 Å². The molecule has 0 aliphatic carbocycles. The molecule has 1 aliphatic heterocycles. The fraction of sp³-hybridized carbons (Fsp3) is 0.688. The van der Waals surface area contributed by atoms with Gasteiger partial charge in [0.2, 0.25) is 0 Å². The van der Waals surface area contributed by atoms with Crippen LogP contribution in [0.2, 0.25) is 0 Å². The van der Waals surface area contributed by atoms with Crippen LogP contribution >= 0.6 is 47.1 Å². The number of halogens is 1. The van der Waals surface area contributed by atoms with Crippen molar-refractivity contribution in [2.24, 2.45) is 4.99 Å². The Kier molecular flexibility index (Phi) is 9.87. The molecule has 1 aromatic rings. The second-order valence-corrected chi connectivity index (χ2v) is 8.03. The number of aliphatic imine (C=N–C) groups is 1. The van der Waals surface area contributed by atoms with Gasteiger partial charge in [0.1, 0.15) is 0 Å². The molecule has 0 aromatic carbocycles. The number of guanidine groups is 1. The highest BCUT2D eigenvalue weighted by molar-refractivity contribution is 14.0. The van der Waals surface area contributed by atoms with Crippen LogP contribution in [0, 0.1) is 0 Å². The summed E-state index contributed by atoms with van der Waals surface area (Å²) in [6, 6.07) is 4.41. The number of hydrogen-bond acceptors (Lipinski definition) is 4. The van der Waals surface area contributed by atoms with Gasteiger partial charge in [-0.2, -0.15) is 11.8 Å². The van der Waals surface area contributed by atoms with E-state index in [9.17, 15) is 0 Å². The van der Waals surface area contributed by atoms with Crippen molar-refractivity contribution in [3.05, 3.63) is 21.9 Å². The quantitative estimate of drug-likeness (QED) is 0.380. The summed E-state index contributed by atoms with van der Waals surface area (Å²) in [7, 11) is 1.83. The second-order valence-electron chi connectivity index (χ2n) is 5.50. The van der Waals surface area contributed by atoms with Gasteiger partial charge in [-0.15, -0.1) is 35.3 Å². The van der Waals surface area contributed by atoms with Crippen molar-refractivity contribution in [2.75, 3.05) is 33.1 Å². The summed E-state index contributed by atoms with van der Waals surface area (Å²) in [5.74, 6) is 0.881. The van der Waals surface area contributed by atoms with E-state index in [-0.39, 0.29) is 28.7 Å². The summed E-state index contributed by atoms with van der Waals surface area (Å²) in [4.78, 5) is 7.12. The lowest BCUT2D eigenvalue weighted by molar-refractivity contribution is 0.0783.